The highest BCUT2D eigenvalue weighted by Gasteiger charge is 2.33. The minimum Gasteiger partial charge on any atom is -0.192 e. The fourth-order valence-corrected chi connectivity index (χ4v) is 7.62. The molecule has 0 fully saturated rings. The van der Waals surface area contributed by atoms with E-state index < -0.39 is 0 Å². The van der Waals surface area contributed by atoms with Crippen molar-refractivity contribution in [3.05, 3.63) is 156 Å². The highest BCUT2D eigenvalue weighted by molar-refractivity contribution is 6.23. The second kappa shape index (κ2) is 11.7. The van der Waals surface area contributed by atoms with Gasteiger partial charge in [0.25, 0.3) is 0 Å². The summed E-state index contributed by atoms with van der Waals surface area (Å²) in [5, 5.41) is 12.3. The van der Waals surface area contributed by atoms with Crippen LogP contribution in [0.1, 0.15) is 58.2 Å². The van der Waals surface area contributed by atoms with Crippen molar-refractivity contribution in [2.24, 2.45) is 0 Å². The number of rotatable bonds is 4. The maximum atomic E-state index is 9.65. The molecule has 1 nitrogen and oxygen atoms in total. The summed E-state index contributed by atoms with van der Waals surface area (Å²) in [6.07, 6.45) is 0. The fourth-order valence-electron chi connectivity index (χ4n) is 7.62. The maximum Gasteiger partial charge on any atom is 0.0991 e. The molecule has 1 heteroatoms. The summed E-state index contributed by atoms with van der Waals surface area (Å²) in [5.41, 5.74) is 18.0. The third-order valence-electron chi connectivity index (χ3n) is 10.3. The molecule has 1 aliphatic carbocycles. The predicted octanol–water partition coefficient (Wildman–Crippen LogP) is 13.6. The Morgan fingerprint density at radius 2 is 0.900 bits per heavy atom. The number of nitrogens with zero attached hydrogens (tertiary/aromatic N) is 1. The first-order chi connectivity index (χ1) is 24.0. The molecule has 0 bridgehead atoms. The zero-order valence-electron chi connectivity index (χ0n) is 29.7. The largest absolute Gasteiger partial charge is 0.192 e. The van der Waals surface area contributed by atoms with Gasteiger partial charge in [0.1, 0.15) is 0 Å². The second-order valence-corrected chi connectivity index (χ2v) is 15.7. The van der Waals surface area contributed by atoms with Gasteiger partial charge in [-0.25, -0.2) is 0 Å². The first-order valence-corrected chi connectivity index (χ1v) is 17.6. The highest BCUT2D eigenvalue weighted by Crippen LogP contribution is 2.58. The van der Waals surface area contributed by atoms with Gasteiger partial charge in [-0.2, -0.15) is 5.26 Å². The maximum absolute atomic E-state index is 9.65. The average molecular weight is 644 g/mol. The monoisotopic (exact) mass is 643 g/mol. The molecule has 8 rings (SSSR count). The summed E-state index contributed by atoms with van der Waals surface area (Å²) in [4.78, 5) is 0. The van der Waals surface area contributed by atoms with Crippen molar-refractivity contribution in [2.45, 2.75) is 52.4 Å². The van der Waals surface area contributed by atoms with Crippen LogP contribution < -0.4 is 0 Å². The Kier molecular flexibility index (Phi) is 7.39. The molecule has 0 unspecified atom stereocenters. The molecule has 0 heterocycles. The van der Waals surface area contributed by atoms with E-state index in [-0.39, 0.29) is 10.8 Å². The van der Waals surface area contributed by atoms with Crippen LogP contribution in [0.25, 0.3) is 77.5 Å². The Balaban J connectivity index is 1.54. The molecule has 7 aromatic rings. The molecule has 1 aliphatic rings. The van der Waals surface area contributed by atoms with Crippen LogP contribution in [-0.4, -0.2) is 0 Å². The zero-order chi connectivity index (χ0) is 34.8. The van der Waals surface area contributed by atoms with Crippen LogP contribution >= 0.6 is 0 Å². The number of benzene rings is 7. The summed E-state index contributed by atoms with van der Waals surface area (Å²) in [6, 6.07) is 53.1. The van der Waals surface area contributed by atoms with Crippen molar-refractivity contribution in [3.63, 3.8) is 0 Å². The molecular weight excluding hydrogens is 603 g/mol. The van der Waals surface area contributed by atoms with Gasteiger partial charge in [-0.1, -0.05) is 145 Å². The van der Waals surface area contributed by atoms with Crippen molar-refractivity contribution < 1.29 is 0 Å². The highest BCUT2D eigenvalue weighted by atomic mass is 14.4. The molecule has 0 spiro atoms. The first kappa shape index (κ1) is 31.6. The predicted molar refractivity (Wildman–Crippen MR) is 212 cm³/mol. The van der Waals surface area contributed by atoms with E-state index in [1.165, 1.54) is 72.0 Å². The molecule has 0 aliphatic heterocycles. The van der Waals surface area contributed by atoms with Crippen LogP contribution in [0.5, 0.6) is 0 Å². The molecule has 0 radical (unpaired) electrons. The van der Waals surface area contributed by atoms with Gasteiger partial charge in [0.2, 0.25) is 0 Å². The van der Waals surface area contributed by atoms with Crippen molar-refractivity contribution in [1.29, 1.82) is 5.26 Å². The van der Waals surface area contributed by atoms with Crippen molar-refractivity contribution in [1.82, 2.24) is 0 Å². The minimum atomic E-state index is -0.0234. The molecule has 0 aromatic heterocycles. The molecule has 0 saturated heterocycles. The summed E-state index contributed by atoms with van der Waals surface area (Å²) in [5.74, 6) is 0. The Morgan fingerprint density at radius 1 is 0.400 bits per heavy atom. The molecule has 7 aromatic carbocycles. The van der Waals surface area contributed by atoms with Gasteiger partial charge in [-0.05, 0) is 136 Å². The van der Waals surface area contributed by atoms with Gasteiger partial charge in [-0.15, -0.1) is 0 Å². The van der Waals surface area contributed by atoms with Crippen LogP contribution in [-0.2, 0) is 10.8 Å². The quantitative estimate of drug-likeness (QED) is 0.187. The van der Waals surface area contributed by atoms with Crippen molar-refractivity contribution in [2.75, 3.05) is 0 Å². The van der Waals surface area contributed by atoms with E-state index in [0.717, 1.165) is 16.7 Å². The zero-order valence-corrected chi connectivity index (χ0v) is 29.7. The summed E-state index contributed by atoms with van der Waals surface area (Å²) >= 11 is 0. The third kappa shape index (κ3) is 5.33. The Hall–Kier alpha value is -5.71. The van der Waals surface area contributed by atoms with Gasteiger partial charge in [0.05, 0.1) is 11.6 Å². The van der Waals surface area contributed by atoms with Gasteiger partial charge < -0.3 is 0 Å². The molecule has 0 saturated carbocycles. The fraction of sp³-hybridized carbons (Fsp3) is 0.163. The van der Waals surface area contributed by atoms with E-state index in [9.17, 15) is 5.26 Å². The van der Waals surface area contributed by atoms with E-state index in [0.29, 0.717) is 5.56 Å². The van der Waals surface area contributed by atoms with Crippen LogP contribution in [0.15, 0.2) is 140 Å². The minimum absolute atomic E-state index is 0.0102. The number of hydrogen-bond acceptors (Lipinski definition) is 1. The molecule has 50 heavy (non-hydrogen) atoms. The van der Waals surface area contributed by atoms with Gasteiger partial charge in [-0.3, -0.25) is 0 Å². The van der Waals surface area contributed by atoms with E-state index in [1.54, 1.807) is 0 Å². The third-order valence-corrected chi connectivity index (χ3v) is 10.3. The summed E-state index contributed by atoms with van der Waals surface area (Å²) in [6.45, 7) is 13.9. The van der Waals surface area contributed by atoms with Crippen LogP contribution in [0.2, 0.25) is 0 Å². The standard InChI is InChI=1S/C49H41N/c1-48(2,3)38-25-37-26-39(49(4,5)6)28-43-44(37)42(27-38)46-40(32-16-9-7-10-17-32)29-41(45(47(43)46)33-18-11-8-12-19-33)36-22-14-21-35(24-36)34-20-13-15-31(23-34)30-50/h7-29H,1-6H3. The number of fused-ring (bicyclic) bond motifs is 3. The van der Waals surface area contributed by atoms with Crippen LogP contribution in [0.3, 0.4) is 0 Å². The lowest BCUT2D eigenvalue weighted by atomic mass is 9.80. The topological polar surface area (TPSA) is 23.8 Å². The van der Waals surface area contributed by atoms with Crippen molar-refractivity contribution >= 4 is 10.8 Å². The molecular formula is C49H41N. The lowest BCUT2D eigenvalue weighted by Crippen LogP contribution is -2.12. The molecule has 0 N–H and O–H groups in total. The molecule has 242 valence electrons. The van der Waals surface area contributed by atoms with E-state index in [4.69, 9.17) is 0 Å². The lowest BCUT2D eigenvalue weighted by molar-refractivity contribution is 0.589. The van der Waals surface area contributed by atoms with Gasteiger partial charge >= 0.3 is 0 Å². The average Bonchev–Trinajstić information content (AvgIpc) is 3.46. The van der Waals surface area contributed by atoms with E-state index in [1.807, 2.05) is 18.2 Å². The van der Waals surface area contributed by atoms with Crippen LogP contribution in [0.4, 0.5) is 0 Å². The SMILES string of the molecule is CC(C)(C)c1cc2c3c(cc(C(C)(C)C)cc3c1)-c1c(-c3ccccc3)c(-c3cccc(-c4cccc(C#N)c4)c3)cc(-c3ccccc3)c1-2. The number of hydrogen-bond donors (Lipinski definition) is 0. The Morgan fingerprint density at radius 3 is 1.50 bits per heavy atom. The van der Waals surface area contributed by atoms with Crippen LogP contribution in [0, 0.1) is 11.3 Å². The molecule has 0 amide bonds. The Labute approximate surface area is 296 Å². The van der Waals surface area contributed by atoms with Gasteiger partial charge in [0.15, 0.2) is 0 Å². The molecule has 0 atom stereocenters. The summed E-state index contributed by atoms with van der Waals surface area (Å²) in [7, 11) is 0. The van der Waals surface area contributed by atoms with Gasteiger partial charge in [0, 0.05) is 0 Å². The van der Waals surface area contributed by atoms with E-state index >= 15 is 0 Å². The smallest absolute Gasteiger partial charge is 0.0991 e. The van der Waals surface area contributed by atoms with Crippen molar-refractivity contribution in [3.8, 4) is 72.8 Å². The Bertz CT molecular complexity index is 2470. The van der Waals surface area contributed by atoms with E-state index in [2.05, 4.69) is 169 Å². The second-order valence-electron chi connectivity index (χ2n) is 15.7. The number of nitriles is 1. The summed E-state index contributed by atoms with van der Waals surface area (Å²) < 4.78 is 0. The normalized spacial score (nSPS) is 12.2. The first-order valence-electron chi connectivity index (χ1n) is 17.6. The lowest BCUT2D eigenvalue weighted by Gasteiger charge is -2.23.